The van der Waals surface area contributed by atoms with Crippen molar-refractivity contribution in [3.63, 3.8) is 0 Å². The molecule has 6 heteroatoms. The van der Waals surface area contributed by atoms with E-state index in [0.717, 1.165) is 49.8 Å². The zero-order valence-corrected chi connectivity index (χ0v) is 16.8. The zero-order chi connectivity index (χ0) is 18.5. The van der Waals surface area contributed by atoms with E-state index in [1.807, 2.05) is 7.05 Å². The number of nitrogens with zero attached hydrogens (tertiary/aromatic N) is 3. The van der Waals surface area contributed by atoms with Crippen molar-refractivity contribution in [2.75, 3.05) is 33.2 Å². The highest BCUT2D eigenvalue weighted by molar-refractivity contribution is 5.79. The predicted octanol–water partition coefficient (Wildman–Crippen LogP) is 2.98. The van der Waals surface area contributed by atoms with Crippen LogP contribution in [-0.2, 0) is 19.4 Å². The Morgan fingerprint density at radius 2 is 1.76 bits per heavy atom. The summed E-state index contributed by atoms with van der Waals surface area (Å²) in [6.45, 7) is 13.8. The van der Waals surface area contributed by atoms with Gasteiger partial charge in [0.1, 0.15) is 5.76 Å². The van der Waals surface area contributed by atoms with Gasteiger partial charge in [0, 0.05) is 32.1 Å². The van der Waals surface area contributed by atoms with Crippen molar-refractivity contribution in [3.8, 4) is 0 Å². The first-order valence-electron chi connectivity index (χ1n) is 9.83. The summed E-state index contributed by atoms with van der Waals surface area (Å²) < 4.78 is 5.42. The number of aliphatic imine (C=N–C) groups is 1. The number of rotatable bonds is 12. The molecule has 0 amide bonds. The lowest BCUT2D eigenvalue weighted by Crippen LogP contribution is -2.38. The minimum Gasteiger partial charge on any atom is -0.361 e. The van der Waals surface area contributed by atoms with E-state index >= 15 is 0 Å². The largest absolute Gasteiger partial charge is 0.361 e. The van der Waals surface area contributed by atoms with E-state index in [9.17, 15) is 0 Å². The Labute approximate surface area is 153 Å². The fourth-order valence-corrected chi connectivity index (χ4v) is 3.01. The first-order valence-corrected chi connectivity index (χ1v) is 9.83. The van der Waals surface area contributed by atoms with E-state index in [1.165, 1.54) is 31.5 Å². The van der Waals surface area contributed by atoms with E-state index in [0.29, 0.717) is 6.54 Å². The van der Waals surface area contributed by atoms with Crippen LogP contribution in [0.15, 0.2) is 9.52 Å². The van der Waals surface area contributed by atoms with Crippen LogP contribution in [-0.4, -0.2) is 49.2 Å². The average molecular weight is 352 g/mol. The Kier molecular flexibility index (Phi) is 11.0. The normalized spacial score (nSPS) is 12.0. The van der Waals surface area contributed by atoms with Crippen molar-refractivity contribution in [3.05, 3.63) is 17.0 Å². The van der Waals surface area contributed by atoms with Crippen molar-refractivity contribution in [2.45, 2.75) is 66.3 Å². The van der Waals surface area contributed by atoms with E-state index in [-0.39, 0.29) is 0 Å². The smallest absolute Gasteiger partial charge is 0.191 e. The van der Waals surface area contributed by atoms with Crippen molar-refractivity contribution < 1.29 is 4.52 Å². The summed E-state index contributed by atoms with van der Waals surface area (Å²) in [5.74, 6) is 1.80. The van der Waals surface area contributed by atoms with Crippen molar-refractivity contribution in [1.82, 2.24) is 20.7 Å². The molecule has 2 N–H and O–H groups in total. The molecule has 0 atom stereocenters. The second-order valence-corrected chi connectivity index (χ2v) is 6.29. The van der Waals surface area contributed by atoms with E-state index in [2.05, 4.69) is 53.4 Å². The third-order valence-corrected chi connectivity index (χ3v) is 4.29. The molecular formula is C19H37N5O. The lowest BCUT2D eigenvalue weighted by molar-refractivity contribution is 0.271. The molecule has 0 aliphatic rings. The van der Waals surface area contributed by atoms with Crippen molar-refractivity contribution in [1.29, 1.82) is 0 Å². The minimum absolute atomic E-state index is 0.702. The summed E-state index contributed by atoms with van der Waals surface area (Å²) in [5, 5.41) is 11.0. The van der Waals surface area contributed by atoms with Crippen LogP contribution in [0.5, 0.6) is 0 Å². The molecule has 1 heterocycles. The SMILES string of the molecule is CCCN(CCC)CCCNC(=NC)NCc1c(CC)noc1CC. The minimum atomic E-state index is 0.702. The average Bonchev–Trinajstić information content (AvgIpc) is 3.03. The predicted molar refractivity (Wildman–Crippen MR) is 105 cm³/mol. The van der Waals surface area contributed by atoms with Gasteiger partial charge in [-0.05, 0) is 45.3 Å². The summed E-state index contributed by atoms with van der Waals surface area (Å²) in [6, 6.07) is 0. The summed E-state index contributed by atoms with van der Waals surface area (Å²) in [4.78, 5) is 6.86. The fraction of sp³-hybridized carbons (Fsp3) is 0.789. The fourth-order valence-electron chi connectivity index (χ4n) is 3.01. The van der Waals surface area contributed by atoms with Crippen LogP contribution >= 0.6 is 0 Å². The molecule has 0 saturated carbocycles. The second kappa shape index (κ2) is 12.8. The summed E-state index contributed by atoms with van der Waals surface area (Å²) >= 11 is 0. The van der Waals surface area contributed by atoms with Crippen LogP contribution in [0.1, 0.15) is 64.0 Å². The third kappa shape index (κ3) is 7.46. The van der Waals surface area contributed by atoms with Gasteiger partial charge in [-0.15, -0.1) is 0 Å². The maximum Gasteiger partial charge on any atom is 0.191 e. The van der Waals surface area contributed by atoms with Gasteiger partial charge in [-0.2, -0.15) is 0 Å². The van der Waals surface area contributed by atoms with Crippen LogP contribution in [0.4, 0.5) is 0 Å². The number of hydrogen-bond acceptors (Lipinski definition) is 4. The van der Waals surface area contributed by atoms with E-state index in [1.54, 1.807) is 0 Å². The molecule has 1 rings (SSSR count). The van der Waals surface area contributed by atoms with Crippen LogP contribution in [0.2, 0.25) is 0 Å². The number of guanidine groups is 1. The highest BCUT2D eigenvalue weighted by Crippen LogP contribution is 2.15. The molecule has 6 nitrogen and oxygen atoms in total. The zero-order valence-electron chi connectivity index (χ0n) is 16.8. The van der Waals surface area contributed by atoms with E-state index in [4.69, 9.17) is 4.52 Å². The lowest BCUT2D eigenvalue weighted by Gasteiger charge is -2.21. The van der Waals surface area contributed by atoms with Gasteiger partial charge in [-0.1, -0.05) is 32.9 Å². The maximum atomic E-state index is 5.42. The van der Waals surface area contributed by atoms with Gasteiger partial charge in [-0.25, -0.2) is 0 Å². The summed E-state index contributed by atoms with van der Waals surface area (Å²) in [7, 11) is 1.81. The number of nitrogens with one attached hydrogen (secondary N) is 2. The Morgan fingerprint density at radius 1 is 1.04 bits per heavy atom. The Morgan fingerprint density at radius 3 is 2.32 bits per heavy atom. The molecule has 0 aliphatic carbocycles. The highest BCUT2D eigenvalue weighted by atomic mass is 16.5. The molecule has 0 spiro atoms. The standard InChI is InChI=1S/C19H37N5O/c1-6-12-24(13-7-2)14-10-11-21-19(20-5)22-15-16-17(8-3)23-25-18(16)9-4/h6-15H2,1-5H3,(H2,20,21,22). The molecule has 1 aromatic rings. The van der Waals surface area contributed by atoms with Crippen molar-refractivity contribution >= 4 is 5.96 Å². The lowest BCUT2D eigenvalue weighted by atomic mass is 10.1. The molecule has 0 radical (unpaired) electrons. The Balaban J connectivity index is 2.39. The maximum absolute atomic E-state index is 5.42. The molecule has 0 fully saturated rings. The van der Waals surface area contributed by atoms with Gasteiger partial charge in [0.05, 0.1) is 5.69 Å². The van der Waals surface area contributed by atoms with Crippen LogP contribution in [0, 0.1) is 0 Å². The van der Waals surface area contributed by atoms with Crippen LogP contribution in [0.25, 0.3) is 0 Å². The highest BCUT2D eigenvalue weighted by Gasteiger charge is 2.13. The Bertz CT molecular complexity index is 471. The van der Waals surface area contributed by atoms with Crippen molar-refractivity contribution in [2.24, 2.45) is 4.99 Å². The van der Waals surface area contributed by atoms with Gasteiger partial charge in [0.25, 0.3) is 0 Å². The van der Waals surface area contributed by atoms with Gasteiger partial charge in [0.15, 0.2) is 5.96 Å². The molecule has 144 valence electrons. The topological polar surface area (TPSA) is 65.7 Å². The first kappa shape index (κ1) is 21.5. The number of hydrogen-bond donors (Lipinski definition) is 2. The van der Waals surface area contributed by atoms with Gasteiger partial charge >= 0.3 is 0 Å². The summed E-state index contributed by atoms with van der Waals surface area (Å²) in [6.07, 6.45) is 5.30. The molecule has 0 unspecified atom stereocenters. The molecule has 0 aliphatic heterocycles. The molecule has 1 aromatic heterocycles. The molecular weight excluding hydrogens is 314 g/mol. The van der Waals surface area contributed by atoms with Gasteiger partial charge in [-0.3, -0.25) is 4.99 Å². The third-order valence-electron chi connectivity index (χ3n) is 4.29. The summed E-state index contributed by atoms with van der Waals surface area (Å²) in [5.41, 5.74) is 2.21. The quantitative estimate of drug-likeness (QED) is 0.344. The van der Waals surface area contributed by atoms with E-state index < -0.39 is 0 Å². The van der Waals surface area contributed by atoms with Crippen LogP contribution in [0.3, 0.4) is 0 Å². The first-order chi connectivity index (χ1) is 12.2. The molecule has 0 saturated heterocycles. The van der Waals surface area contributed by atoms with Gasteiger partial charge in [0.2, 0.25) is 0 Å². The number of aryl methyl sites for hydroxylation is 2. The number of aromatic nitrogens is 1. The molecule has 0 bridgehead atoms. The van der Waals surface area contributed by atoms with Gasteiger partial charge < -0.3 is 20.1 Å². The van der Waals surface area contributed by atoms with Crippen LogP contribution < -0.4 is 10.6 Å². The Hall–Kier alpha value is -1.56. The monoisotopic (exact) mass is 351 g/mol. The molecule has 0 aromatic carbocycles. The second-order valence-electron chi connectivity index (χ2n) is 6.29. The molecule has 25 heavy (non-hydrogen) atoms.